The van der Waals surface area contributed by atoms with E-state index in [2.05, 4.69) is 15.6 Å². The quantitative estimate of drug-likeness (QED) is 0.666. The number of amides is 2. The third-order valence-corrected chi connectivity index (χ3v) is 4.16. The molecule has 1 atom stereocenters. The Balaban J connectivity index is 1.61. The summed E-state index contributed by atoms with van der Waals surface area (Å²) in [6.45, 7) is 1.02. The molecular weight excluding hydrogens is 304 g/mol. The van der Waals surface area contributed by atoms with E-state index in [1.807, 2.05) is 0 Å². The van der Waals surface area contributed by atoms with Crippen molar-refractivity contribution in [2.24, 2.45) is 0 Å². The number of aryl methyl sites for hydroxylation is 1. The van der Waals surface area contributed by atoms with Crippen LogP contribution in [0.15, 0.2) is 6.20 Å². The lowest BCUT2D eigenvalue weighted by Crippen LogP contribution is -2.41. The summed E-state index contributed by atoms with van der Waals surface area (Å²) in [5, 5.41) is 19.5. The molecule has 1 aromatic rings. The second-order valence-electron chi connectivity index (χ2n) is 5.74. The number of nitrogens with zero attached hydrogens (tertiary/aromatic N) is 3. The molecular formula is C14H20N4O5. The zero-order chi connectivity index (χ0) is 16.3. The average Bonchev–Trinajstić information content (AvgIpc) is 3.16. The number of ether oxygens (including phenoxy) is 2. The zero-order valence-electron chi connectivity index (χ0n) is 12.7. The number of aromatic nitrogens is 3. The predicted octanol–water partition coefficient (Wildman–Crippen LogP) is -0.686. The van der Waals surface area contributed by atoms with Crippen molar-refractivity contribution in [2.75, 3.05) is 19.8 Å². The fraction of sp³-hybridized carbons (Fsp3) is 0.714. The molecule has 2 saturated heterocycles. The lowest BCUT2D eigenvalue weighted by Gasteiger charge is -2.26. The van der Waals surface area contributed by atoms with Crippen molar-refractivity contribution in [3.05, 3.63) is 11.9 Å². The summed E-state index contributed by atoms with van der Waals surface area (Å²) >= 11 is 0. The molecule has 0 radical (unpaired) electrons. The first-order valence-electron chi connectivity index (χ1n) is 7.75. The van der Waals surface area contributed by atoms with Crippen molar-refractivity contribution in [1.82, 2.24) is 20.3 Å². The van der Waals surface area contributed by atoms with Crippen LogP contribution in [0.2, 0.25) is 0 Å². The molecule has 1 aromatic heterocycles. The average molecular weight is 324 g/mol. The van der Waals surface area contributed by atoms with E-state index >= 15 is 0 Å². The van der Waals surface area contributed by atoms with Gasteiger partial charge in [0.05, 0.1) is 18.9 Å². The van der Waals surface area contributed by atoms with Crippen LogP contribution in [0, 0.1) is 0 Å². The maximum atomic E-state index is 11.8. The normalized spacial score (nSPS) is 24.0. The lowest BCUT2D eigenvalue weighted by atomic mass is 10.1. The van der Waals surface area contributed by atoms with Gasteiger partial charge in [-0.3, -0.25) is 14.9 Å². The van der Waals surface area contributed by atoms with Gasteiger partial charge in [0.25, 0.3) is 5.91 Å². The van der Waals surface area contributed by atoms with Crippen molar-refractivity contribution in [1.29, 1.82) is 0 Å². The van der Waals surface area contributed by atoms with E-state index in [4.69, 9.17) is 14.6 Å². The van der Waals surface area contributed by atoms with Crippen LogP contribution in [0.3, 0.4) is 0 Å². The van der Waals surface area contributed by atoms with Crippen molar-refractivity contribution >= 4 is 11.8 Å². The van der Waals surface area contributed by atoms with E-state index in [-0.39, 0.29) is 18.4 Å². The highest BCUT2D eigenvalue weighted by Gasteiger charge is 2.36. The molecule has 0 aliphatic carbocycles. The highest BCUT2D eigenvalue weighted by atomic mass is 16.7. The Hall–Kier alpha value is -1.84. The van der Waals surface area contributed by atoms with Crippen LogP contribution in [-0.2, 0) is 25.5 Å². The number of carbonyl (C=O) groups excluding carboxylic acids is 2. The van der Waals surface area contributed by atoms with E-state index in [0.29, 0.717) is 51.0 Å². The Morgan fingerprint density at radius 2 is 2.13 bits per heavy atom. The first-order chi connectivity index (χ1) is 11.1. The van der Waals surface area contributed by atoms with E-state index in [1.54, 1.807) is 6.20 Å². The molecule has 2 fully saturated rings. The van der Waals surface area contributed by atoms with Gasteiger partial charge < -0.3 is 14.6 Å². The van der Waals surface area contributed by atoms with Crippen molar-refractivity contribution < 1.29 is 24.2 Å². The topological polar surface area (TPSA) is 116 Å². The van der Waals surface area contributed by atoms with Crippen LogP contribution in [0.4, 0.5) is 0 Å². The van der Waals surface area contributed by atoms with Gasteiger partial charge in [0.2, 0.25) is 5.91 Å². The molecule has 2 aliphatic rings. The van der Waals surface area contributed by atoms with Gasteiger partial charge in [0.1, 0.15) is 6.04 Å². The van der Waals surface area contributed by atoms with Crippen LogP contribution < -0.4 is 5.32 Å². The molecule has 9 heteroatoms. The largest absolute Gasteiger partial charge is 0.396 e. The number of aliphatic hydroxyl groups excluding tert-OH is 1. The van der Waals surface area contributed by atoms with Gasteiger partial charge in [-0.1, -0.05) is 5.21 Å². The first kappa shape index (κ1) is 16.0. The predicted molar refractivity (Wildman–Crippen MR) is 76.1 cm³/mol. The summed E-state index contributed by atoms with van der Waals surface area (Å²) < 4.78 is 12.7. The molecule has 2 aliphatic heterocycles. The van der Waals surface area contributed by atoms with Crippen LogP contribution >= 0.6 is 0 Å². The molecule has 9 nitrogen and oxygen atoms in total. The van der Waals surface area contributed by atoms with Crippen molar-refractivity contribution in [3.63, 3.8) is 0 Å². The SMILES string of the molecule is O=C1CCC(n2cc(CCC3(CCO)OCCO3)nn2)C(=O)N1. The summed E-state index contributed by atoms with van der Waals surface area (Å²) in [7, 11) is 0. The monoisotopic (exact) mass is 324 g/mol. The molecule has 23 heavy (non-hydrogen) atoms. The fourth-order valence-corrected chi connectivity index (χ4v) is 2.91. The third-order valence-electron chi connectivity index (χ3n) is 4.16. The Bertz CT molecular complexity index is 581. The minimum Gasteiger partial charge on any atom is -0.396 e. The summed E-state index contributed by atoms with van der Waals surface area (Å²) in [4.78, 5) is 23.0. The van der Waals surface area contributed by atoms with Crippen LogP contribution in [-0.4, -0.2) is 57.5 Å². The summed E-state index contributed by atoms with van der Waals surface area (Å²) in [5.41, 5.74) is 0.714. The lowest BCUT2D eigenvalue weighted by molar-refractivity contribution is -0.171. The van der Waals surface area contributed by atoms with Crippen molar-refractivity contribution in [2.45, 2.75) is 43.9 Å². The zero-order valence-corrected chi connectivity index (χ0v) is 12.7. The maximum absolute atomic E-state index is 11.8. The standard InChI is InChI=1S/C14H20N4O5/c19-6-5-14(22-7-8-23-14)4-3-10-9-18(17-16-10)11-1-2-12(20)15-13(11)21/h9,11,19H,1-8H2,(H,15,20,21). The molecule has 126 valence electrons. The molecule has 3 rings (SSSR count). The number of rotatable bonds is 6. The number of nitrogens with one attached hydrogen (secondary N) is 1. The number of carbonyl (C=O) groups is 2. The van der Waals surface area contributed by atoms with Gasteiger partial charge in [-0.25, -0.2) is 4.68 Å². The molecule has 3 heterocycles. The Kier molecular flexibility index (Phi) is 4.69. The van der Waals surface area contributed by atoms with Gasteiger partial charge >= 0.3 is 0 Å². The fourth-order valence-electron chi connectivity index (χ4n) is 2.91. The number of piperidine rings is 1. The Morgan fingerprint density at radius 3 is 2.83 bits per heavy atom. The van der Waals surface area contributed by atoms with E-state index in [0.717, 1.165) is 0 Å². The molecule has 2 N–H and O–H groups in total. The minimum absolute atomic E-state index is 0.0109. The summed E-state index contributed by atoms with van der Waals surface area (Å²) in [6.07, 6.45) is 3.96. The Labute approximate surface area is 132 Å². The number of aliphatic hydroxyl groups is 1. The van der Waals surface area contributed by atoms with Crippen LogP contribution in [0.25, 0.3) is 0 Å². The van der Waals surface area contributed by atoms with E-state index in [9.17, 15) is 9.59 Å². The van der Waals surface area contributed by atoms with Gasteiger partial charge in [-0.15, -0.1) is 5.10 Å². The summed E-state index contributed by atoms with van der Waals surface area (Å²) in [6, 6.07) is -0.501. The van der Waals surface area contributed by atoms with Crippen molar-refractivity contribution in [3.8, 4) is 0 Å². The number of imide groups is 1. The number of hydrogen-bond donors (Lipinski definition) is 2. The Morgan fingerprint density at radius 1 is 1.35 bits per heavy atom. The smallest absolute Gasteiger partial charge is 0.251 e. The highest BCUT2D eigenvalue weighted by molar-refractivity contribution is 5.99. The van der Waals surface area contributed by atoms with Crippen LogP contribution in [0.1, 0.15) is 37.4 Å². The van der Waals surface area contributed by atoms with E-state index < -0.39 is 11.8 Å². The number of hydrogen-bond acceptors (Lipinski definition) is 7. The van der Waals surface area contributed by atoms with Gasteiger partial charge in [-0.2, -0.15) is 0 Å². The first-order valence-corrected chi connectivity index (χ1v) is 7.75. The van der Waals surface area contributed by atoms with Gasteiger partial charge in [-0.05, 0) is 12.8 Å². The third kappa shape index (κ3) is 3.57. The minimum atomic E-state index is -0.757. The molecule has 0 aromatic carbocycles. The van der Waals surface area contributed by atoms with Gasteiger partial charge in [0.15, 0.2) is 5.79 Å². The highest BCUT2D eigenvalue weighted by Crippen LogP contribution is 2.28. The molecule has 1 unspecified atom stereocenters. The second kappa shape index (κ2) is 6.73. The van der Waals surface area contributed by atoms with Gasteiger partial charge in [0, 0.05) is 32.1 Å². The van der Waals surface area contributed by atoms with E-state index in [1.165, 1.54) is 4.68 Å². The van der Waals surface area contributed by atoms with Crippen LogP contribution in [0.5, 0.6) is 0 Å². The molecule has 0 saturated carbocycles. The summed E-state index contributed by atoms with van der Waals surface area (Å²) in [5.74, 6) is -1.36. The second-order valence-corrected chi connectivity index (χ2v) is 5.74. The maximum Gasteiger partial charge on any atom is 0.251 e. The molecule has 0 bridgehead atoms. The molecule has 0 spiro atoms. The molecule has 2 amide bonds.